The summed E-state index contributed by atoms with van der Waals surface area (Å²) >= 11 is 6.42. The molecule has 2 aliphatic rings. The van der Waals surface area contributed by atoms with E-state index in [2.05, 4.69) is 21.3 Å². The number of ether oxygens (including phenoxy) is 2. The number of halogens is 1. The van der Waals surface area contributed by atoms with Crippen LogP contribution in [0.25, 0.3) is 10.9 Å². The van der Waals surface area contributed by atoms with E-state index in [1.807, 2.05) is 6.07 Å². The average Bonchev–Trinajstić information content (AvgIpc) is 3.18. The van der Waals surface area contributed by atoms with Crippen LogP contribution in [0.5, 0.6) is 11.5 Å². The predicted molar refractivity (Wildman–Crippen MR) is 105 cm³/mol. The summed E-state index contributed by atoms with van der Waals surface area (Å²) in [5, 5.41) is 5.07. The van der Waals surface area contributed by atoms with Gasteiger partial charge in [-0.15, -0.1) is 0 Å². The van der Waals surface area contributed by atoms with Crippen molar-refractivity contribution in [1.29, 1.82) is 0 Å². The van der Waals surface area contributed by atoms with Gasteiger partial charge in [-0.1, -0.05) is 11.6 Å². The third-order valence-electron chi connectivity index (χ3n) is 5.37. The number of fused-ring (bicyclic) bond motifs is 3. The fourth-order valence-electron chi connectivity index (χ4n) is 3.98. The van der Waals surface area contributed by atoms with Crippen LogP contribution in [-0.2, 0) is 13.0 Å². The predicted octanol–water partition coefficient (Wildman–Crippen LogP) is 3.41. The molecular weight excluding hydrogens is 350 g/mol. The summed E-state index contributed by atoms with van der Waals surface area (Å²) in [4.78, 5) is 7.10. The highest BCUT2D eigenvalue weighted by Crippen LogP contribution is 2.36. The molecule has 5 nitrogen and oxygen atoms in total. The number of hydrogen-bond acceptors (Lipinski definition) is 5. The second-order valence-electron chi connectivity index (χ2n) is 7.06. The smallest absolute Gasteiger partial charge is 0.163 e. The average molecular weight is 376 g/mol. The Morgan fingerprint density at radius 1 is 1.19 bits per heavy atom. The summed E-state index contributed by atoms with van der Waals surface area (Å²) in [5.41, 5.74) is 3.26. The van der Waals surface area contributed by atoms with Gasteiger partial charge < -0.3 is 19.7 Å². The molecule has 0 saturated carbocycles. The summed E-state index contributed by atoms with van der Waals surface area (Å²) in [6, 6.07) is 4.02. The van der Waals surface area contributed by atoms with Crippen LogP contribution in [0.15, 0.2) is 12.1 Å². The number of benzene rings is 1. The van der Waals surface area contributed by atoms with E-state index in [-0.39, 0.29) is 0 Å². The lowest BCUT2D eigenvalue weighted by Crippen LogP contribution is -2.24. The Kier molecular flexibility index (Phi) is 5.48. The first-order chi connectivity index (χ1) is 12.8. The highest BCUT2D eigenvalue weighted by molar-refractivity contribution is 6.30. The topological polar surface area (TPSA) is 46.6 Å². The van der Waals surface area contributed by atoms with Crippen molar-refractivity contribution in [2.75, 3.05) is 39.9 Å². The van der Waals surface area contributed by atoms with Crippen LogP contribution in [-0.4, -0.2) is 49.8 Å². The number of aromatic nitrogens is 1. The standard InChI is InChI=1S/C20H26ClN3O2/c1-25-18-11-15-14-5-6-22-13-16(14)20(21)23-17(15)12-19(18)26-10-4-9-24-7-2-3-8-24/h11-12,22H,2-10,13H2,1H3. The van der Waals surface area contributed by atoms with Crippen molar-refractivity contribution in [3.05, 3.63) is 28.4 Å². The highest BCUT2D eigenvalue weighted by Gasteiger charge is 2.19. The van der Waals surface area contributed by atoms with Crippen LogP contribution in [0, 0.1) is 0 Å². The third-order valence-corrected chi connectivity index (χ3v) is 5.68. The van der Waals surface area contributed by atoms with Crippen molar-refractivity contribution >= 4 is 22.5 Å². The van der Waals surface area contributed by atoms with Gasteiger partial charge in [-0.2, -0.15) is 0 Å². The number of nitrogens with one attached hydrogen (secondary N) is 1. The molecular formula is C20H26ClN3O2. The van der Waals surface area contributed by atoms with Gasteiger partial charge >= 0.3 is 0 Å². The Morgan fingerprint density at radius 3 is 2.85 bits per heavy atom. The molecule has 1 N–H and O–H groups in total. The van der Waals surface area contributed by atoms with E-state index in [0.29, 0.717) is 11.8 Å². The monoisotopic (exact) mass is 375 g/mol. The Morgan fingerprint density at radius 2 is 2.04 bits per heavy atom. The molecule has 1 saturated heterocycles. The lowest BCUT2D eigenvalue weighted by molar-refractivity contribution is 0.254. The number of nitrogens with zero attached hydrogens (tertiary/aromatic N) is 2. The lowest BCUT2D eigenvalue weighted by atomic mass is 9.97. The molecule has 4 rings (SSSR count). The summed E-state index contributed by atoms with van der Waals surface area (Å²) in [5.74, 6) is 1.52. The van der Waals surface area contributed by atoms with E-state index in [1.54, 1.807) is 7.11 Å². The Labute approximate surface area is 159 Å². The molecule has 1 fully saturated rings. The van der Waals surface area contributed by atoms with E-state index in [4.69, 9.17) is 21.1 Å². The van der Waals surface area contributed by atoms with E-state index in [9.17, 15) is 0 Å². The first-order valence-electron chi connectivity index (χ1n) is 9.51. The number of likely N-dealkylation sites (tertiary alicyclic amines) is 1. The molecule has 140 valence electrons. The number of methoxy groups -OCH3 is 1. The molecule has 0 unspecified atom stereocenters. The Bertz CT molecular complexity index is 790. The van der Waals surface area contributed by atoms with Gasteiger partial charge in [0.15, 0.2) is 11.5 Å². The lowest BCUT2D eigenvalue weighted by Gasteiger charge is -2.21. The number of rotatable bonds is 6. The van der Waals surface area contributed by atoms with Gasteiger partial charge in [-0.3, -0.25) is 0 Å². The van der Waals surface area contributed by atoms with Crippen molar-refractivity contribution in [1.82, 2.24) is 15.2 Å². The SMILES string of the molecule is COc1cc2c3c(c(Cl)nc2cc1OCCCN1CCCC1)CNCC3. The molecule has 1 aromatic heterocycles. The van der Waals surface area contributed by atoms with Gasteiger partial charge in [0, 0.05) is 30.1 Å². The molecule has 6 heteroatoms. The highest BCUT2D eigenvalue weighted by atomic mass is 35.5. The normalized spacial score (nSPS) is 17.5. The number of pyridine rings is 1. The van der Waals surface area contributed by atoms with Gasteiger partial charge in [0.2, 0.25) is 0 Å². The molecule has 0 bridgehead atoms. The van der Waals surface area contributed by atoms with Crippen LogP contribution in [0.1, 0.15) is 30.4 Å². The minimum Gasteiger partial charge on any atom is -0.493 e. The van der Waals surface area contributed by atoms with Crippen LogP contribution < -0.4 is 14.8 Å². The van der Waals surface area contributed by atoms with Gasteiger partial charge in [-0.05, 0) is 56.9 Å². The van der Waals surface area contributed by atoms with Crippen molar-refractivity contribution in [2.45, 2.75) is 32.2 Å². The molecule has 0 amide bonds. The van der Waals surface area contributed by atoms with Crippen LogP contribution in [0.2, 0.25) is 5.15 Å². The molecule has 2 aliphatic heterocycles. The van der Waals surface area contributed by atoms with Crippen molar-refractivity contribution < 1.29 is 9.47 Å². The Hall–Kier alpha value is -1.56. The van der Waals surface area contributed by atoms with E-state index in [0.717, 1.165) is 60.4 Å². The van der Waals surface area contributed by atoms with Crippen molar-refractivity contribution in [3.8, 4) is 11.5 Å². The molecule has 0 aliphatic carbocycles. The number of hydrogen-bond donors (Lipinski definition) is 1. The maximum atomic E-state index is 6.42. The zero-order valence-electron chi connectivity index (χ0n) is 15.3. The first kappa shape index (κ1) is 17.8. The molecule has 2 aromatic rings. The minimum absolute atomic E-state index is 0.588. The maximum Gasteiger partial charge on any atom is 0.163 e. The maximum absolute atomic E-state index is 6.42. The second kappa shape index (κ2) is 7.99. The van der Waals surface area contributed by atoms with E-state index >= 15 is 0 Å². The largest absolute Gasteiger partial charge is 0.493 e. The summed E-state index contributed by atoms with van der Waals surface area (Å²) in [6.07, 6.45) is 4.62. The molecule has 1 aromatic carbocycles. The van der Waals surface area contributed by atoms with Crippen molar-refractivity contribution in [2.24, 2.45) is 0 Å². The fraction of sp³-hybridized carbons (Fsp3) is 0.550. The zero-order valence-corrected chi connectivity index (χ0v) is 16.1. The van der Waals surface area contributed by atoms with Gasteiger partial charge in [0.1, 0.15) is 5.15 Å². The van der Waals surface area contributed by atoms with Crippen molar-refractivity contribution in [3.63, 3.8) is 0 Å². The fourth-order valence-corrected chi connectivity index (χ4v) is 4.26. The third kappa shape index (κ3) is 3.61. The summed E-state index contributed by atoms with van der Waals surface area (Å²) in [7, 11) is 1.69. The summed E-state index contributed by atoms with van der Waals surface area (Å²) < 4.78 is 11.6. The van der Waals surface area contributed by atoms with Gasteiger partial charge in [0.25, 0.3) is 0 Å². The molecule has 0 spiro atoms. The molecule has 0 radical (unpaired) electrons. The first-order valence-corrected chi connectivity index (χ1v) is 9.89. The zero-order chi connectivity index (χ0) is 17.9. The van der Waals surface area contributed by atoms with Crippen LogP contribution in [0.3, 0.4) is 0 Å². The van der Waals surface area contributed by atoms with Gasteiger partial charge in [-0.25, -0.2) is 4.98 Å². The minimum atomic E-state index is 0.588. The molecule has 0 atom stereocenters. The van der Waals surface area contributed by atoms with Gasteiger partial charge in [0.05, 0.1) is 19.2 Å². The quantitative estimate of drug-likeness (QED) is 0.619. The van der Waals surface area contributed by atoms with Crippen LogP contribution >= 0.6 is 11.6 Å². The Balaban J connectivity index is 1.54. The van der Waals surface area contributed by atoms with E-state index < -0.39 is 0 Å². The molecule has 3 heterocycles. The van der Waals surface area contributed by atoms with Crippen LogP contribution in [0.4, 0.5) is 0 Å². The second-order valence-corrected chi connectivity index (χ2v) is 7.42. The molecule has 26 heavy (non-hydrogen) atoms. The summed E-state index contributed by atoms with van der Waals surface area (Å²) in [6.45, 7) is 5.96. The van der Waals surface area contributed by atoms with E-state index in [1.165, 1.54) is 31.5 Å².